The van der Waals surface area contributed by atoms with Crippen molar-refractivity contribution in [1.29, 1.82) is 0 Å². The van der Waals surface area contributed by atoms with Crippen molar-refractivity contribution in [2.75, 3.05) is 6.61 Å². The average molecular weight is 539 g/mol. The zero-order valence-electron chi connectivity index (χ0n) is 23.3. The highest BCUT2D eigenvalue weighted by molar-refractivity contribution is 5.87. The van der Waals surface area contributed by atoms with Crippen LogP contribution in [0.4, 0.5) is 0 Å². The van der Waals surface area contributed by atoms with Crippen molar-refractivity contribution in [3.63, 3.8) is 0 Å². The lowest BCUT2D eigenvalue weighted by Crippen LogP contribution is -2.40. The maximum Gasteiger partial charge on any atom is 0.333 e. The second-order valence-corrected chi connectivity index (χ2v) is 11.8. The fraction of sp³-hybridized carbons (Fsp3) is 0.900. The van der Waals surface area contributed by atoms with Gasteiger partial charge in [-0.25, -0.2) is 4.79 Å². The Balaban J connectivity index is 1.25. The molecule has 0 saturated heterocycles. The van der Waals surface area contributed by atoms with Crippen LogP contribution >= 0.6 is 0 Å². The van der Waals surface area contributed by atoms with E-state index in [9.17, 15) is 15.0 Å². The summed E-state index contributed by atoms with van der Waals surface area (Å²) in [5.41, 5.74) is 0.377. The monoisotopic (exact) mass is 538 g/mol. The van der Waals surface area contributed by atoms with E-state index in [1.54, 1.807) is 13.0 Å². The second kappa shape index (κ2) is 15.7. The van der Waals surface area contributed by atoms with Crippen molar-refractivity contribution in [2.24, 2.45) is 0 Å². The average Bonchev–Trinajstić information content (AvgIpc) is 3.74. The number of esters is 1. The van der Waals surface area contributed by atoms with Gasteiger partial charge < -0.3 is 33.9 Å². The van der Waals surface area contributed by atoms with E-state index < -0.39 is 30.8 Å². The Hall–Kier alpha value is -1.03. The summed E-state index contributed by atoms with van der Waals surface area (Å²) in [5.74, 6) is -0.526. The van der Waals surface area contributed by atoms with Crippen LogP contribution < -0.4 is 0 Å². The number of ether oxygens (including phenoxy) is 5. The smallest absolute Gasteiger partial charge is 0.333 e. The van der Waals surface area contributed by atoms with Crippen LogP contribution in [-0.4, -0.2) is 72.0 Å². The van der Waals surface area contributed by atoms with E-state index in [0.717, 1.165) is 103 Å². The second-order valence-electron chi connectivity index (χ2n) is 11.8. The Kier molecular flexibility index (Phi) is 12.4. The molecular formula is C30H50O8. The van der Waals surface area contributed by atoms with Gasteiger partial charge in [-0.1, -0.05) is 57.4 Å². The summed E-state index contributed by atoms with van der Waals surface area (Å²) in [6, 6.07) is 0. The first-order valence-electron chi connectivity index (χ1n) is 15.3. The van der Waals surface area contributed by atoms with Gasteiger partial charge in [-0.2, -0.15) is 0 Å². The highest BCUT2D eigenvalue weighted by Gasteiger charge is 2.32. The van der Waals surface area contributed by atoms with E-state index in [-0.39, 0.29) is 37.4 Å². The molecule has 0 radical (unpaired) electrons. The molecule has 0 bridgehead atoms. The van der Waals surface area contributed by atoms with E-state index in [1.165, 1.54) is 0 Å². The third-order valence-corrected chi connectivity index (χ3v) is 8.52. The lowest BCUT2D eigenvalue weighted by molar-refractivity contribution is -0.240. The van der Waals surface area contributed by atoms with Gasteiger partial charge in [0, 0.05) is 5.57 Å². The first-order chi connectivity index (χ1) is 18.5. The molecule has 218 valence electrons. The Labute approximate surface area is 228 Å². The maximum absolute atomic E-state index is 12.7. The molecule has 2 unspecified atom stereocenters. The Morgan fingerprint density at radius 3 is 1.37 bits per heavy atom. The van der Waals surface area contributed by atoms with Gasteiger partial charge in [0.25, 0.3) is 0 Å². The van der Waals surface area contributed by atoms with E-state index in [0.29, 0.717) is 5.57 Å². The molecule has 0 aromatic carbocycles. The standard InChI is InChI=1S/C30H50O8/c1-21(18-19-26(31)29(35-22-10-2-3-11-22)36-23-12-4-5-13-23)28(33)34-20-27(32)30(37-24-14-6-7-15-24)38-25-16-8-9-17-25/h18,22-27,29-32H,2-17,19-20H2,1H3/b21-18+. The van der Waals surface area contributed by atoms with Crippen LogP contribution in [0, 0.1) is 0 Å². The Morgan fingerprint density at radius 2 is 1.00 bits per heavy atom. The molecule has 0 aromatic rings. The predicted molar refractivity (Wildman–Crippen MR) is 142 cm³/mol. The van der Waals surface area contributed by atoms with Gasteiger partial charge >= 0.3 is 5.97 Å². The highest BCUT2D eigenvalue weighted by atomic mass is 16.7. The van der Waals surface area contributed by atoms with Crippen molar-refractivity contribution in [2.45, 2.75) is 165 Å². The van der Waals surface area contributed by atoms with Crippen LogP contribution in [0.25, 0.3) is 0 Å². The van der Waals surface area contributed by atoms with Crippen molar-refractivity contribution in [3.05, 3.63) is 11.6 Å². The number of hydrogen-bond acceptors (Lipinski definition) is 8. The Morgan fingerprint density at radius 1 is 0.658 bits per heavy atom. The first kappa shape index (κ1) is 29.9. The highest BCUT2D eigenvalue weighted by Crippen LogP contribution is 2.29. The number of hydrogen-bond donors (Lipinski definition) is 2. The molecule has 0 heterocycles. The molecule has 4 aliphatic carbocycles. The normalized spacial score (nSPS) is 24.3. The van der Waals surface area contributed by atoms with Gasteiger partial charge in [0.2, 0.25) is 0 Å². The number of rotatable bonds is 15. The van der Waals surface area contributed by atoms with Crippen LogP contribution in [0.3, 0.4) is 0 Å². The predicted octanol–water partition coefficient (Wildman–Crippen LogP) is 5.08. The van der Waals surface area contributed by atoms with Gasteiger partial charge in [-0.15, -0.1) is 0 Å². The molecule has 0 amide bonds. The minimum absolute atomic E-state index is 0.0840. The molecule has 2 N–H and O–H groups in total. The minimum atomic E-state index is -1.05. The fourth-order valence-corrected chi connectivity index (χ4v) is 6.13. The maximum atomic E-state index is 12.7. The molecular weight excluding hydrogens is 488 g/mol. The molecule has 0 spiro atoms. The third kappa shape index (κ3) is 9.56. The summed E-state index contributed by atoms with van der Waals surface area (Å²) in [7, 11) is 0. The quantitative estimate of drug-likeness (QED) is 0.169. The van der Waals surface area contributed by atoms with Gasteiger partial charge in [0.1, 0.15) is 18.8 Å². The van der Waals surface area contributed by atoms with E-state index in [1.807, 2.05) is 0 Å². The zero-order valence-corrected chi connectivity index (χ0v) is 23.3. The van der Waals surface area contributed by atoms with Crippen molar-refractivity contribution in [1.82, 2.24) is 0 Å². The van der Waals surface area contributed by atoms with Crippen molar-refractivity contribution >= 4 is 5.97 Å². The summed E-state index contributed by atoms with van der Waals surface area (Å²) in [5, 5.41) is 21.7. The molecule has 2 atom stereocenters. The molecule has 38 heavy (non-hydrogen) atoms. The van der Waals surface area contributed by atoms with Crippen molar-refractivity contribution < 1.29 is 38.7 Å². The SMILES string of the molecule is C/C(=C\CC(O)C(OC1CCCC1)OC1CCCC1)C(=O)OCC(O)C(OC1CCCC1)OC1CCCC1. The van der Waals surface area contributed by atoms with Crippen LogP contribution in [0.5, 0.6) is 0 Å². The Bertz CT molecular complexity index is 682. The van der Waals surface area contributed by atoms with E-state index >= 15 is 0 Å². The largest absolute Gasteiger partial charge is 0.459 e. The van der Waals surface area contributed by atoms with Crippen LogP contribution in [-0.2, 0) is 28.5 Å². The molecule has 4 rings (SSSR count). The van der Waals surface area contributed by atoms with E-state index in [4.69, 9.17) is 23.7 Å². The summed E-state index contributed by atoms with van der Waals surface area (Å²) in [6.45, 7) is 1.46. The van der Waals surface area contributed by atoms with Crippen LogP contribution in [0.2, 0.25) is 0 Å². The number of aliphatic hydroxyl groups excluding tert-OH is 2. The number of aliphatic hydroxyl groups is 2. The zero-order chi connectivity index (χ0) is 26.7. The number of carbonyl (C=O) groups excluding carboxylic acids is 1. The molecule has 8 nitrogen and oxygen atoms in total. The molecule has 0 aliphatic heterocycles. The molecule has 4 fully saturated rings. The van der Waals surface area contributed by atoms with Gasteiger partial charge in [0.15, 0.2) is 12.6 Å². The van der Waals surface area contributed by atoms with Crippen LogP contribution in [0.1, 0.15) is 116 Å². The summed E-state index contributed by atoms with van der Waals surface area (Å²) in [4.78, 5) is 12.7. The van der Waals surface area contributed by atoms with Gasteiger partial charge in [-0.05, 0) is 64.7 Å². The lowest BCUT2D eigenvalue weighted by Gasteiger charge is -2.29. The van der Waals surface area contributed by atoms with E-state index in [2.05, 4.69) is 0 Å². The fourth-order valence-electron chi connectivity index (χ4n) is 6.13. The van der Waals surface area contributed by atoms with Crippen LogP contribution in [0.15, 0.2) is 11.6 Å². The summed E-state index contributed by atoms with van der Waals surface area (Å²) >= 11 is 0. The summed E-state index contributed by atoms with van der Waals surface area (Å²) in [6.07, 6.45) is 15.9. The molecule has 8 heteroatoms. The topological polar surface area (TPSA) is 104 Å². The minimum Gasteiger partial charge on any atom is -0.459 e. The molecule has 4 saturated carbocycles. The summed E-state index contributed by atoms with van der Waals surface area (Å²) < 4.78 is 30.0. The van der Waals surface area contributed by atoms with Crippen molar-refractivity contribution in [3.8, 4) is 0 Å². The molecule has 4 aliphatic rings. The lowest BCUT2D eigenvalue weighted by atomic mass is 10.1. The third-order valence-electron chi connectivity index (χ3n) is 8.52. The van der Waals surface area contributed by atoms with Gasteiger partial charge in [0.05, 0.1) is 24.4 Å². The number of carbonyl (C=O) groups is 1. The molecule has 0 aromatic heterocycles. The van der Waals surface area contributed by atoms with Gasteiger partial charge in [-0.3, -0.25) is 0 Å². The first-order valence-corrected chi connectivity index (χ1v) is 15.3.